The summed E-state index contributed by atoms with van der Waals surface area (Å²) in [6.45, 7) is 1.68. The van der Waals surface area contributed by atoms with Crippen molar-refractivity contribution >= 4 is 22.3 Å². The first kappa shape index (κ1) is 10.5. The highest BCUT2D eigenvalue weighted by molar-refractivity contribution is 7.73. The third-order valence-electron chi connectivity index (χ3n) is 1.83. The summed E-state index contributed by atoms with van der Waals surface area (Å²) in [4.78, 5) is 0. The Bertz CT molecular complexity index is 352. The van der Waals surface area contributed by atoms with Crippen LogP contribution in [-0.2, 0) is 17.1 Å². The van der Waals surface area contributed by atoms with Gasteiger partial charge in [0.25, 0.3) is 0 Å². The van der Waals surface area contributed by atoms with Gasteiger partial charge in [0.15, 0.2) is 0 Å². The average Bonchev–Trinajstić information content (AvgIpc) is 2.08. The summed E-state index contributed by atoms with van der Waals surface area (Å²) in [5.74, 6) is 0. The number of hydrogen-bond donors (Lipinski definition) is 1. The molecule has 0 amide bonds. The van der Waals surface area contributed by atoms with Gasteiger partial charge in [-0.15, -0.1) is 0 Å². The second-order valence-corrected chi connectivity index (χ2v) is 4.79. The van der Waals surface area contributed by atoms with Crippen LogP contribution in [0.2, 0.25) is 5.02 Å². The Morgan fingerprint density at radius 3 is 2.54 bits per heavy atom. The van der Waals surface area contributed by atoms with E-state index in [4.69, 9.17) is 11.6 Å². The third-order valence-corrected chi connectivity index (χ3v) is 3.10. The van der Waals surface area contributed by atoms with Crippen LogP contribution in [0.1, 0.15) is 12.5 Å². The van der Waals surface area contributed by atoms with Crippen LogP contribution in [0, 0.1) is 0 Å². The van der Waals surface area contributed by atoms with Gasteiger partial charge in [-0.1, -0.05) is 29.8 Å². The molecule has 0 saturated heterocycles. The van der Waals surface area contributed by atoms with E-state index in [1.165, 1.54) is 0 Å². The first-order valence-corrected chi connectivity index (χ1v) is 5.60. The molecule has 1 unspecified atom stereocenters. The fourth-order valence-corrected chi connectivity index (χ4v) is 1.62. The molecule has 0 radical (unpaired) electrons. The highest BCUT2D eigenvalue weighted by Gasteiger charge is 2.07. The summed E-state index contributed by atoms with van der Waals surface area (Å²) in [7, 11) is -2.36. The van der Waals surface area contributed by atoms with E-state index in [-0.39, 0.29) is 5.25 Å². The lowest BCUT2D eigenvalue weighted by molar-refractivity contribution is 0.602. The first-order chi connectivity index (χ1) is 6.11. The van der Waals surface area contributed by atoms with Crippen molar-refractivity contribution in [2.24, 2.45) is 0 Å². The second-order valence-electron chi connectivity index (χ2n) is 2.93. The maximum Gasteiger partial charge on any atom is 0.143 e. The Morgan fingerprint density at radius 2 is 2.00 bits per heavy atom. The molecule has 72 valence electrons. The smallest absolute Gasteiger partial charge is 0.143 e. The van der Waals surface area contributed by atoms with Gasteiger partial charge in [-0.05, 0) is 25.0 Å². The van der Waals surface area contributed by atoms with Crippen molar-refractivity contribution in [2.75, 3.05) is 0 Å². The van der Waals surface area contributed by atoms with Crippen molar-refractivity contribution in [1.82, 2.24) is 0 Å². The summed E-state index contributed by atoms with van der Waals surface area (Å²) in [6, 6.07) is 7.29. The highest BCUT2D eigenvalue weighted by Crippen LogP contribution is 2.17. The van der Waals surface area contributed by atoms with Gasteiger partial charge >= 0.3 is 0 Å². The Kier molecular flexibility index (Phi) is 3.75. The quantitative estimate of drug-likeness (QED) is 0.787. The molecular weight excluding hydrogens is 208 g/mol. The van der Waals surface area contributed by atoms with Crippen molar-refractivity contribution in [3.8, 4) is 0 Å². The summed E-state index contributed by atoms with van der Waals surface area (Å²) >= 11 is 5.88. The zero-order valence-electron chi connectivity index (χ0n) is 7.24. The zero-order chi connectivity index (χ0) is 9.84. The normalized spacial score (nSPS) is 13.2. The lowest BCUT2D eigenvalue weighted by atomic mass is 10.1. The average molecular weight is 219 g/mol. The van der Waals surface area contributed by atoms with E-state index >= 15 is 0 Å². The lowest BCUT2D eigenvalue weighted by Crippen LogP contribution is -2.08. The Labute approximate surface area is 84.5 Å². The summed E-state index contributed by atoms with van der Waals surface area (Å²) in [5.41, 5.74) is 0.885. The maximum absolute atomic E-state index is 10.6. The summed E-state index contributed by atoms with van der Waals surface area (Å²) in [5, 5.41) is 0.279. The van der Waals surface area contributed by atoms with E-state index in [0.717, 1.165) is 5.56 Å². The largest absolute Gasteiger partial charge is 0.232 e. The van der Waals surface area contributed by atoms with Crippen LogP contribution in [0.4, 0.5) is 0 Å². The van der Waals surface area contributed by atoms with Crippen LogP contribution < -0.4 is 0 Å². The summed E-state index contributed by atoms with van der Waals surface area (Å²) < 4.78 is 21.2. The minimum atomic E-state index is -2.36. The van der Waals surface area contributed by atoms with Gasteiger partial charge in [0.05, 0.1) is 5.25 Å². The number of thiol groups is 1. The van der Waals surface area contributed by atoms with Crippen molar-refractivity contribution in [3.63, 3.8) is 0 Å². The van der Waals surface area contributed by atoms with E-state index < -0.39 is 10.7 Å². The molecule has 0 aliphatic heterocycles. The van der Waals surface area contributed by atoms with Gasteiger partial charge in [0, 0.05) is 5.02 Å². The monoisotopic (exact) mass is 218 g/mol. The Balaban J connectivity index is 2.80. The topological polar surface area (TPSA) is 34.1 Å². The van der Waals surface area contributed by atoms with Crippen molar-refractivity contribution in [1.29, 1.82) is 0 Å². The Morgan fingerprint density at radius 1 is 1.38 bits per heavy atom. The number of halogens is 1. The van der Waals surface area contributed by atoms with Crippen molar-refractivity contribution < 1.29 is 8.42 Å². The molecule has 1 rings (SSSR count). The van der Waals surface area contributed by atoms with Gasteiger partial charge < -0.3 is 0 Å². The maximum atomic E-state index is 10.6. The van der Waals surface area contributed by atoms with Gasteiger partial charge in [0.1, 0.15) is 10.7 Å². The first-order valence-electron chi connectivity index (χ1n) is 3.98. The molecule has 0 saturated carbocycles. The SMILES string of the molecule is CC(Cc1ccccc1Cl)[SH](=O)=O. The van der Waals surface area contributed by atoms with E-state index in [1.54, 1.807) is 13.0 Å². The molecule has 0 bridgehead atoms. The molecule has 1 aromatic rings. The standard InChI is InChI=1S/C9H11ClO2S/c1-7(13(11)12)6-8-4-2-3-5-9(8)10/h2-5,7,13H,6H2,1H3. The van der Waals surface area contributed by atoms with Crippen molar-refractivity contribution in [3.05, 3.63) is 34.9 Å². The molecule has 0 fully saturated rings. The number of hydrogen-bond acceptors (Lipinski definition) is 2. The van der Waals surface area contributed by atoms with Gasteiger partial charge in [-0.3, -0.25) is 0 Å². The molecule has 13 heavy (non-hydrogen) atoms. The van der Waals surface area contributed by atoms with Crippen LogP contribution in [0.25, 0.3) is 0 Å². The van der Waals surface area contributed by atoms with Crippen LogP contribution in [0.15, 0.2) is 24.3 Å². The van der Waals surface area contributed by atoms with Crippen LogP contribution in [0.3, 0.4) is 0 Å². The molecule has 0 heterocycles. The molecule has 0 aliphatic carbocycles. The van der Waals surface area contributed by atoms with Crippen LogP contribution in [-0.4, -0.2) is 13.7 Å². The predicted octanol–water partition coefficient (Wildman–Crippen LogP) is 1.88. The van der Waals surface area contributed by atoms with Gasteiger partial charge in [-0.2, -0.15) is 0 Å². The fourth-order valence-electron chi connectivity index (χ4n) is 1.06. The predicted molar refractivity (Wildman–Crippen MR) is 54.9 cm³/mol. The summed E-state index contributed by atoms with van der Waals surface area (Å²) in [6.07, 6.45) is 0.485. The molecule has 0 aromatic heterocycles. The third kappa shape index (κ3) is 3.01. The highest BCUT2D eigenvalue weighted by atomic mass is 35.5. The van der Waals surface area contributed by atoms with E-state index in [1.807, 2.05) is 18.2 Å². The van der Waals surface area contributed by atoms with E-state index in [2.05, 4.69) is 0 Å². The van der Waals surface area contributed by atoms with Gasteiger partial charge in [-0.25, -0.2) is 8.42 Å². The zero-order valence-corrected chi connectivity index (χ0v) is 8.89. The molecule has 1 aromatic carbocycles. The molecule has 1 atom stereocenters. The molecular formula is C9H11ClO2S. The fraction of sp³-hybridized carbons (Fsp3) is 0.333. The Hall–Kier alpha value is -0.540. The molecule has 0 spiro atoms. The molecule has 4 heteroatoms. The molecule has 0 aliphatic rings. The minimum absolute atomic E-state index is 0.352. The lowest BCUT2D eigenvalue weighted by Gasteiger charge is -2.05. The molecule has 0 N–H and O–H groups in total. The minimum Gasteiger partial charge on any atom is -0.232 e. The van der Waals surface area contributed by atoms with Crippen LogP contribution in [0.5, 0.6) is 0 Å². The second kappa shape index (κ2) is 4.63. The number of benzene rings is 1. The van der Waals surface area contributed by atoms with E-state index in [0.29, 0.717) is 11.4 Å². The van der Waals surface area contributed by atoms with Crippen LogP contribution >= 0.6 is 11.6 Å². The van der Waals surface area contributed by atoms with Gasteiger partial charge in [0.2, 0.25) is 0 Å². The van der Waals surface area contributed by atoms with Crippen molar-refractivity contribution in [2.45, 2.75) is 18.6 Å². The molecule has 2 nitrogen and oxygen atoms in total. The van der Waals surface area contributed by atoms with E-state index in [9.17, 15) is 8.42 Å². The number of rotatable bonds is 3.